The van der Waals surface area contributed by atoms with Gasteiger partial charge in [0.25, 0.3) is 11.9 Å². The zero-order valence-electron chi connectivity index (χ0n) is 36.6. The first-order valence-electron chi connectivity index (χ1n) is 20.3. The molecule has 1 unspecified atom stereocenters. The Kier molecular flexibility index (Phi) is 14.2. The minimum Gasteiger partial charge on any atom is -0.482 e. The number of pyridine rings is 1. The predicted molar refractivity (Wildman–Crippen MR) is 228 cm³/mol. The van der Waals surface area contributed by atoms with Crippen molar-refractivity contribution in [3.8, 4) is 16.9 Å². The lowest BCUT2D eigenvalue weighted by Crippen LogP contribution is -2.51. The molecule has 66 heavy (non-hydrogen) atoms. The zero-order valence-corrected chi connectivity index (χ0v) is 36.6. The molecule has 1 saturated heterocycles. The van der Waals surface area contributed by atoms with Gasteiger partial charge in [-0.15, -0.1) is 5.10 Å². The van der Waals surface area contributed by atoms with Gasteiger partial charge < -0.3 is 34.5 Å². The average molecular weight is 924 g/mol. The van der Waals surface area contributed by atoms with Crippen molar-refractivity contribution in [2.75, 3.05) is 36.7 Å². The third-order valence-electron chi connectivity index (χ3n) is 9.59. The van der Waals surface area contributed by atoms with E-state index in [-0.39, 0.29) is 36.6 Å². The maximum Gasteiger partial charge on any atom is 0.424 e. The fourth-order valence-electron chi connectivity index (χ4n) is 6.38. The number of hydrogen-bond donors (Lipinski definition) is 2. The van der Waals surface area contributed by atoms with E-state index in [1.54, 1.807) is 71.9 Å². The summed E-state index contributed by atoms with van der Waals surface area (Å²) < 4.78 is 90.0. The van der Waals surface area contributed by atoms with E-state index in [0.717, 1.165) is 17.0 Å². The van der Waals surface area contributed by atoms with Gasteiger partial charge in [0.1, 0.15) is 29.4 Å². The number of rotatable bonds is 13. The number of aromatic nitrogens is 3. The van der Waals surface area contributed by atoms with Crippen molar-refractivity contribution >= 4 is 52.9 Å². The van der Waals surface area contributed by atoms with E-state index >= 15 is 0 Å². The van der Waals surface area contributed by atoms with Crippen LogP contribution in [0.4, 0.5) is 48.9 Å². The summed E-state index contributed by atoms with van der Waals surface area (Å²) in [5, 5.41) is 9.64. The number of ether oxygens (including phenoxy) is 4. The molecule has 16 nitrogen and oxygen atoms in total. The number of hydrogen-bond acceptors (Lipinski definition) is 11. The number of nitrogens with zero attached hydrogens (tertiary/aromatic N) is 5. The molecule has 0 saturated carbocycles. The van der Waals surface area contributed by atoms with Gasteiger partial charge in [-0.1, -0.05) is 45.0 Å². The monoisotopic (exact) mass is 923 g/mol. The predicted octanol–water partition coefficient (Wildman–Crippen LogP) is 8.17. The highest BCUT2D eigenvalue weighted by Crippen LogP contribution is 2.37. The molecule has 0 bridgehead atoms. The first-order chi connectivity index (χ1) is 30.9. The van der Waals surface area contributed by atoms with Crippen molar-refractivity contribution in [3.05, 3.63) is 102 Å². The van der Waals surface area contributed by atoms with Gasteiger partial charge in [-0.3, -0.25) is 9.59 Å². The molecule has 2 aromatic heterocycles. The van der Waals surface area contributed by atoms with E-state index in [2.05, 4.69) is 20.7 Å². The van der Waals surface area contributed by atoms with Crippen LogP contribution in [0.2, 0.25) is 0 Å². The maximum absolute atomic E-state index is 14.1. The fraction of sp³-hybridized carbons (Fsp3) is 0.356. The quantitative estimate of drug-likeness (QED) is 0.0660. The van der Waals surface area contributed by atoms with E-state index in [1.165, 1.54) is 47.1 Å². The second-order valence-corrected chi connectivity index (χ2v) is 17.2. The molecule has 1 aliphatic heterocycles. The molecule has 2 N–H and O–H groups in total. The number of alkyl halides is 4. The third-order valence-corrected chi connectivity index (χ3v) is 9.59. The molecule has 21 heteroatoms. The van der Waals surface area contributed by atoms with E-state index in [1.807, 2.05) is 0 Å². The van der Waals surface area contributed by atoms with Gasteiger partial charge in [0.05, 0.1) is 25.2 Å². The number of halogens is 5. The molecule has 5 aromatic rings. The topological polar surface area (TPSA) is 183 Å². The Morgan fingerprint density at radius 2 is 1.53 bits per heavy atom. The van der Waals surface area contributed by atoms with E-state index in [9.17, 15) is 45.9 Å². The van der Waals surface area contributed by atoms with Crippen molar-refractivity contribution in [1.82, 2.24) is 24.8 Å². The molecule has 3 heterocycles. The number of fused-ring (bicyclic) bond motifs is 1. The van der Waals surface area contributed by atoms with Gasteiger partial charge >= 0.3 is 24.3 Å². The Morgan fingerprint density at radius 3 is 2.15 bits per heavy atom. The van der Waals surface area contributed by atoms with Gasteiger partial charge in [-0.25, -0.2) is 32.6 Å². The van der Waals surface area contributed by atoms with Crippen molar-refractivity contribution in [1.29, 1.82) is 0 Å². The van der Waals surface area contributed by atoms with Crippen LogP contribution in [0.15, 0.2) is 85.1 Å². The first kappa shape index (κ1) is 48.1. The Hall–Kier alpha value is -7.32. The molecule has 3 aromatic carbocycles. The summed E-state index contributed by atoms with van der Waals surface area (Å²) in [6, 6.07) is 17.4. The molecular weight excluding hydrogens is 878 g/mol. The van der Waals surface area contributed by atoms with Gasteiger partial charge in [-0.2, -0.15) is 18.2 Å². The lowest BCUT2D eigenvalue weighted by atomic mass is 9.87. The number of anilines is 3. The smallest absolute Gasteiger partial charge is 0.424 e. The SMILES string of the molecule is CC(C)(C)OC(=O)NC(C(=O)OCOC(=O)N(c1nc2ccc(-c3ccc(NC(=O)Cc4ccc(F)cc4)cc3)cn2n1)c1ccc(C(=O)N2CC(F)C2)cc1OCC(F)(F)F)C(C)(C)C. The first-order valence-corrected chi connectivity index (χ1v) is 20.3. The molecule has 1 aliphatic rings. The fourth-order valence-corrected chi connectivity index (χ4v) is 6.38. The number of likely N-dealkylation sites (tertiary alicyclic amines) is 1. The van der Waals surface area contributed by atoms with Crippen LogP contribution in [-0.2, 0) is 30.2 Å². The van der Waals surface area contributed by atoms with Crippen LogP contribution in [0.5, 0.6) is 5.75 Å². The number of benzene rings is 3. The number of carbonyl (C=O) groups is 5. The van der Waals surface area contributed by atoms with Gasteiger partial charge in [0.2, 0.25) is 12.7 Å². The van der Waals surface area contributed by atoms with Crippen LogP contribution < -0.4 is 20.3 Å². The van der Waals surface area contributed by atoms with Crippen LogP contribution in [-0.4, -0.2) is 99.9 Å². The molecular formula is C45H46F5N7O9. The van der Waals surface area contributed by atoms with Crippen LogP contribution in [0, 0.1) is 11.2 Å². The van der Waals surface area contributed by atoms with Gasteiger partial charge in [-0.05, 0) is 91.9 Å². The number of alkyl carbamates (subject to hydrolysis) is 1. The Bertz CT molecular complexity index is 2590. The highest BCUT2D eigenvalue weighted by molar-refractivity contribution is 5.99. The number of nitrogens with one attached hydrogen (secondary N) is 2. The third kappa shape index (κ3) is 12.7. The van der Waals surface area contributed by atoms with Crippen molar-refractivity contribution in [2.45, 2.75) is 72.0 Å². The van der Waals surface area contributed by atoms with E-state index in [4.69, 9.17) is 18.9 Å². The summed E-state index contributed by atoms with van der Waals surface area (Å²) >= 11 is 0. The van der Waals surface area contributed by atoms with Crippen LogP contribution in [0.25, 0.3) is 16.8 Å². The summed E-state index contributed by atoms with van der Waals surface area (Å²) in [5.41, 5.74) is 0.0506. The number of carbonyl (C=O) groups excluding carboxylic acids is 5. The Labute approximate surface area is 374 Å². The van der Waals surface area contributed by atoms with E-state index < -0.39 is 90.1 Å². The van der Waals surface area contributed by atoms with Crippen LogP contribution >= 0.6 is 0 Å². The maximum atomic E-state index is 14.1. The van der Waals surface area contributed by atoms with Crippen LogP contribution in [0.1, 0.15) is 57.5 Å². The van der Waals surface area contributed by atoms with Crippen LogP contribution in [0.3, 0.4) is 0 Å². The second-order valence-electron chi connectivity index (χ2n) is 17.2. The largest absolute Gasteiger partial charge is 0.482 e. The van der Waals surface area contributed by atoms with Crippen molar-refractivity contribution in [2.24, 2.45) is 5.41 Å². The zero-order chi connectivity index (χ0) is 48.1. The number of amides is 4. The standard InChI is InChI=1S/C45H46F5N7O9/c1-43(2,3)37(53-41(61)66-44(4,5)6)39(60)64-25-65-42(62)57(33-17-11-28(38(59)55-22-31(47)23-55)20-34(33)63-24-45(48,49)50)40-52-35-18-12-29(21-56(35)54-40)27-9-15-32(16-10-27)51-36(58)19-26-7-13-30(46)14-8-26/h7-18,20-21,31,37H,19,22-25H2,1-6H3,(H,51,58)(H,53,61). The second kappa shape index (κ2) is 19.4. The average Bonchev–Trinajstić information content (AvgIpc) is 3.63. The molecule has 350 valence electrons. The summed E-state index contributed by atoms with van der Waals surface area (Å²) in [7, 11) is 0. The lowest BCUT2D eigenvalue weighted by Gasteiger charge is -2.34. The molecule has 0 spiro atoms. The Balaban J connectivity index is 1.29. The van der Waals surface area contributed by atoms with Crippen molar-refractivity contribution < 1.29 is 64.9 Å². The highest BCUT2D eigenvalue weighted by Gasteiger charge is 2.37. The van der Waals surface area contributed by atoms with Gasteiger partial charge in [0.15, 0.2) is 12.3 Å². The summed E-state index contributed by atoms with van der Waals surface area (Å²) in [6.45, 7) is 6.40. The molecule has 0 radical (unpaired) electrons. The molecule has 6 rings (SSSR count). The minimum atomic E-state index is -4.88. The van der Waals surface area contributed by atoms with Gasteiger partial charge in [0, 0.05) is 23.0 Å². The summed E-state index contributed by atoms with van der Waals surface area (Å²) in [6.07, 6.45) is -6.88. The highest BCUT2D eigenvalue weighted by atomic mass is 19.4. The molecule has 1 atom stereocenters. The van der Waals surface area contributed by atoms with E-state index in [0.29, 0.717) is 27.3 Å². The molecule has 0 aliphatic carbocycles. The Morgan fingerprint density at radius 1 is 0.864 bits per heavy atom. The minimum absolute atomic E-state index is 0.0195. The normalized spacial score (nSPS) is 13.6. The molecule has 4 amide bonds. The number of esters is 1. The summed E-state index contributed by atoms with van der Waals surface area (Å²) in [5.74, 6) is -3.57. The molecule has 1 fully saturated rings. The summed E-state index contributed by atoms with van der Waals surface area (Å²) in [4.78, 5) is 71.9. The lowest BCUT2D eigenvalue weighted by molar-refractivity contribution is -0.157. The van der Waals surface area contributed by atoms with Crippen molar-refractivity contribution in [3.63, 3.8) is 0 Å².